The molecule has 0 spiro atoms. The van der Waals surface area contributed by atoms with E-state index in [4.69, 9.17) is 0 Å². The van der Waals surface area contributed by atoms with Crippen molar-refractivity contribution in [1.82, 2.24) is 10.3 Å². The first kappa shape index (κ1) is 28.4. The fourth-order valence-corrected chi connectivity index (χ4v) is 7.61. The summed E-state index contributed by atoms with van der Waals surface area (Å²) in [6.45, 7) is 11.4. The van der Waals surface area contributed by atoms with E-state index in [0.29, 0.717) is 23.3 Å². The lowest BCUT2D eigenvalue weighted by Crippen LogP contribution is -2.53. The average molecular weight is 542 g/mol. The molecule has 5 rings (SSSR count). The first-order valence-corrected chi connectivity index (χ1v) is 15.5. The van der Waals surface area contributed by atoms with Crippen molar-refractivity contribution in [2.45, 2.75) is 91.5 Å². The van der Waals surface area contributed by atoms with E-state index >= 15 is 0 Å². The predicted molar refractivity (Wildman–Crippen MR) is 165 cm³/mol. The summed E-state index contributed by atoms with van der Waals surface area (Å²) in [4.78, 5) is 29.7. The number of aromatic nitrogens is 1. The van der Waals surface area contributed by atoms with Gasteiger partial charge in [-0.05, 0) is 117 Å². The maximum absolute atomic E-state index is 13.5. The molecule has 2 aromatic carbocycles. The molecule has 40 heavy (non-hydrogen) atoms. The Labute approximate surface area is 239 Å². The minimum Gasteiger partial charge on any atom is -0.355 e. The number of anilines is 1. The van der Waals surface area contributed by atoms with Gasteiger partial charge in [-0.25, -0.2) is 0 Å². The van der Waals surface area contributed by atoms with E-state index in [-0.39, 0.29) is 23.3 Å². The molecule has 2 saturated carbocycles. The third kappa shape index (κ3) is 6.62. The summed E-state index contributed by atoms with van der Waals surface area (Å²) in [7, 11) is 0. The van der Waals surface area contributed by atoms with Gasteiger partial charge < -0.3 is 15.6 Å². The summed E-state index contributed by atoms with van der Waals surface area (Å²) in [5.74, 6) is 2.80. The molecule has 2 aliphatic rings. The third-order valence-electron chi connectivity index (χ3n) is 9.19. The van der Waals surface area contributed by atoms with E-state index in [9.17, 15) is 9.59 Å². The molecule has 0 radical (unpaired) electrons. The molecular weight excluding hydrogens is 494 g/mol. The van der Waals surface area contributed by atoms with E-state index in [2.05, 4.69) is 56.3 Å². The van der Waals surface area contributed by atoms with Crippen molar-refractivity contribution in [2.75, 3.05) is 5.32 Å². The molecule has 0 saturated heterocycles. The zero-order chi connectivity index (χ0) is 28.4. The second kappa shape index (κ2) is 11.8. The number of hydrogen-bond donors (Lipinski definition) is 3. The van der Waals surface area contributed by atoms with Crippen molar-refractivity contribution in [1.29, 1.82) is 0 Å². The van der Waals surface area contributed by atoms with Crippen LogP contribution in [0.4, 0.5) is 5.69 Å². The average Bonchev–Trinajstić information content (AvgIpc) is 3.31. The Morgan fingerprint density at radius 2 is 1.57 bits per heavy atom. The third-order valence-corrected chi connectivity index (χ3v) is 9.19. The zero-order valence-corrected chi connectivity index (χ0v) is 25.0. The molecular formula is C35H47N3O2. The van der Waals surface area contributed by atoms with Gasteiger partial charge in [0, 0.05) is 39.3 Å². The lowest BCUT2D eigenvalue weighted by molar-refractivity contribution is -0.121. The lowest BCUT2D eigenvalue weighted by Gasteiger charge is -2.44. The summed E-state index contributed by atoms with van der Waals surface area (Å²) in [5.41, 5.74) is 4.47. The quantitative estimate of drug-likeness (QED) is 0.280. The van der Waals surface area contributed by atoms with Gasteiger partial charge in [-0.15, -0.1) is 0 Å². The van der Waals surface area contributed by atoms with Crippen LogP contribution in [0.15, 0.2) is 48.5 Å². The van der Waals surface area contributed by atoms with Crippen LogP contribution in [0.25, 0.3) is 22.2 Å². The van der Waals surface area contributed by atoms with Crippen molar-refractivity contribution in [3.63, 3.8) is 0 Å². The molecule has 2 fully saturated rings. The van der Waals surface area contributed by atoms with Gasteiger partial charge in [-0.1, -0.05) is 46.8 Å². The molecule has 2 unspecified atom stereocenters. The smallest absolute Gasteiger partial charge is 0.251 e. The zero-order valence-electron chi connectivity index (χ0n) is 25.0. The second-order valence-electron chi connectivity index (χ2n) is 13.7. The topological polar surface area (TPSA) is 74.0 Å². The van der Waals surface area contributed by atoms with Crippen molar-refractivity contribution in [3.05, 3.63) is 54.1 Å². The Morgan fingerprint density at radius 1 is 0.900 bits per heavy atom. The number of amides is 2. The molecule has 214 valence electrons. The number of nitrogens with one attached hydrogen (secondary N) is 3. The Hall–Kier alpha value is -3.08. The minimum absolute atomic E-state index is 0.0270. The van der Waals surface area contributed by atoms with Crippen LogP contribution >= 0.6 is 0 Å². The van der Waals surface area contributed by atoms with E-state index in [1.54, 1.807) is 0 Å². The number of aromatic amines is 1. The number of benzene rings is 2. The first-order valence-electron chi connectivity index (χ1n) is 15.5. The summed E-state index contributed by atoms with van der Waals surface area (Å²) in [6.07, 6.45) is 8.59. The number of rotatable bonds is 7. The van der Waals surface area contributed by atoms with E-state index < -0.39 is 0 Å². The van der Waals surface area contributed by atoms with Crippen molar-refractivity contribution in [3.8, 4) is 11.3 Å². The predicted octanol–water partition coefficient (Wildman–Crippen LogP) is 8.57. The largest absolute Gasteiger partial charge is 0.355 e. The first-order chi connectivity index (χ1) is 19.1. The fraction of sp³-hybridized carbons (Fsp3) is 0.543. The van der Waals surface area contributed by atoms with Gasteiger partial charge in [-0.3, -0.25) is 9.59 Å². The van der Waals surface area contributed by atoms with Crippen LogP contribution in [-0.2, 0) is 4.79 Å². The SMILES string of the molecule is CC(C)CC1(NC(=O)c2ccc3[nH]c(-c4ccc(NC(=O)C5CCC(C)CC5)cc4)cc3c2)CC(C)CC(C)C1. The Morgan fingerprint density at radius 3 is 2.23 bits per heavy atom. The number of hydrogen-bond acceptors (Lipinski definition) is 2. The van der Waals surface area contributed by atoms with Crippen molar-refractivity contribution in [2.24, 2.45) is 29.6 Å². The van der Waals surface area contributed by atoms with Crippen LogP contribution in [0.5, 0.6) is 0 Å². The highest BCUT2D eigenvalue weighted by molar-refractivity contribution is 5.99. The molecule has 0 bridgehead atoms. The van der Waals surface area contributed by atoms with Crippen molar-refractivity contribution < 1.29 is 9.59 Å². The van der Waals surface area contributed by atoms with E-state index in [0.717, 1.165) is 78.7 Å². The lowest BCUT2D eigenvalue weighted by atomic mass is 9.68. The molecule has 2 aliphatic carbocycles. The maximum Gasteiger partial charge on any atom is 0.251 e. The Bertz CT molecular complexity index is 1310. The van der Waals surface area contributed by atoms with E-state index in [1.165, 1.54) is 6.42 Å². The number of carbonyl (C=O) groups excluding carboxylic acids is 2. The van der Waals surface area contributed by atoms with Crippen molar-refractivity contribution >= 4 is 28.4 Å². The number of H-pyrrole nitrogens is 1. The standard InChI is InChI=1S/C35H47N3O2/c1-22(2)19-35(20-24(4)16-25(5)21-35)38-34(40)28-12-15-31-29(17-28)18-32(37-31)26-10-13-30(14-11-26)36-33(39)27-8-6-23(3)7-9-27/h10-15,17-18,22-25,27,37H,6-9,16,19-21H2,1-5H3,(H,36,39)(H,38,40). The van der Waals surface area contributed by atoms with Gasteiger partial charge in [-0.2, -0.15) is 0 Å². The number of carbonyl (C=O) groups is 2. The molecule has 3 aromatic rings. The highest BCUT2D eigenvalue weighted by Crippen LogP contribution is 2.40. The van der Waals surface area contributed by atoms with Gasteiger partial charge in [0.15, 0.2) is 0 Å². The fourth-order valence-electron chi connectivity index (χ4n) is 7.61. The van der Waals surface area contributed by atoms with Gasteiger partial charge in [0.25, 0.3) is 5.91 Å². The van der Waals surface area contributed by atoms with Crippen LogP contribution < -0.4 is 10.6 Å². The Balaban J connectivity index is 1.28. The Kier molecular flexibility index (Phi) is 8.39. The van der Waals surface area contributed by atoms with Crippen LogP contribution in [-0.4, -0.2) is 22.3 Å². The van der Waals surface area contributed by atoms with Gasteiger partial charge in [0.2, 0.25) is 5.91 Å². The van der Waals surface area contributed by atoms with Gasteiger partial charge in [0.05, 0.1) is 0 Å². The highest BCUT2D eigenvalue weighted by atomic mass is 16.2. The molecule has 0 aliphatic heterocycles. The molecule has 5 nitrogen and oxygen atoms in total. The number of fused-ring (bicyclic) bond motifs is 1. The molecule has 1 aromatic heterocycles. The summed E-state index contributed by atoms with van der Waals surface area (Å²) >= 11 is 0. The van der Waals surface area contributed by atoms with Gasteiger partial charge >= 0.3 is 0 Å². The molecule has 5 heteroatoms. The summed E-state index contributed by atoms with van der Waals surface area (Å²) < 4.78 is 0. The van der Waals surface area contributed by atoms with Crippen LogP contribution in [0.1, 0.15) is 96.3 Å². The normalized spacial score (nSPS) is 27.1. The van der Waals surface area contributed by atoms with E-state index in [1.807, 2.05) is 42.5 Å². The molecule has 2 amide bonds. The molecule has 1 heterocycles. The van der Waals surface area contributed by atoms with Gasteiger partial charge in [0.1, 0.15) is 0 Å². The van der Waals surface area contributed by atoms with Crippen LogP contribution in [0, 0.1) is 29.6 Å². The van der Waals surface area contributed by atoms with Crippen LogP contribution in [0.3, 0.4) is 0 Å². The molecule has 3 N–H and O–H groups in total. The summed E-state index contributed by atoms with van der Waals surface area (Å²) in [5, 5.41) is 7.64. The van der Waals surface area contributed by atoms with Crippen LogP contribution in [0.2, 0.25) is 0 Å². The second-order valence-corrected chi connectivity index (χ2v) is 13.7. The maximum atomic E-state index is 13.5. The monoisotopic (exact) mass is 541 g/mol. The molecule has 2 atom stereocenters. The minimum atomic E-state index is -0.132. The highest BCUT2D eigenvalue weighted by Gasteiger charge is 2.39. The summed E-state index contributed by atoms with van der Waals surface area (Å²) in [6, 6.07) is 16.1.